The van der Waals surface area contributed by atoms with E-state index in [-0.39, 0.29) is 38.1 Å². The highest BCUT2D eigenvalue weighted by atomic mass is 35.5. The maximum atomic E-state index is 13.3. The predicted molar refractivity (Wildman–Crippen MR) is 130 cm³/mol. The number of ether oxygens (including phenoxy) is 2. The number of benzene rings is 3. The number of carbonyl (C=O) groups is 2. The molecule has 172 valence electrons. The van der Waals surface area contributed by atoms with Crippen molar-refractivity contribution in [3.8, 4) is 17.1 Å². The number of anilines is 1. The first-order chi connectivity index (χ1) is 16.4. The molecule has 7 nitrogen and oxygen atoms in total. The number of fused-ring (bicyclic) bond motifs is 1. The Labute approximate surface area is 203 Å². The minimum atomic E-state index is -0.551. The van der Waals surface area contributed by atoms with Gasteiger partial charge in [0, 0.05) is 16.3 Å². The minimum absolute atomic E-state index is 0.123. The maximum absolute atomic E-state index is 13.3. The highest BCUT2D eigenvalue weighted by Gasteiger charge is 2.21. The lowest BCUT2D eigenvalue weighted by molar-refractivity contribution is -0.118. The highest BCUT2D eigenvalue weighted by Crippen LogP contribution is 2.35. The molecule has 0 aliphatic heterocycles. The van der Waals surface area contributed by atoms with E-state index in [9.17, 15) is 14.4 Å². The van der Waals surface area contributed by atoms with Crippen LogP contribution in [0.3, 0.4) is 0 Å². The predicted octanol–water partition coefficient (Wildman–Crippen LogP) is 5.57. The van der Waals surface area contributed by atoms with Crippen LogP contribution in [-0.2, 0) is 9.53 Å². The van der Waals surface area contributed by atoms with E-state index in [1.54, 1.807) is 42.5 Å². The maximum Gasteiger partial charge on any atom is 0.337 e. The number of carbonyl (C=O) groups excluding carboxylic acids is 2. The van der Waals surface area contributed by atoms with Crippen molar-refractivity contribution in [3.63, 3.8) is 0 Å². The van der Waals surface area contributed by atoms with Crippen LogP contribution in [0, 0.1) is 0 Å². The van der Waals surface area contributed by atoms with Gasteiger partial charge >= 0.3 is 5.97 Å². The van der Waals surface area contributed by atoms with E-state index in [0.29, 0.717) is 11.3 Å². The molecule has 1 amide bonds. The van der Waals surface area contributed by atoms with Gasteiger partial charge in [-0.1, -0.05) is 59.6 Å². The molecule has 1 aromatic heterocycles. The van der Waals surface area contributed by atoms with Gasteiger partial charge in [0.1, 0.15) is 0 Å². The lowest BCUT2D eigenvalue weighted by atomic mass is 10.1. The minimum Gasteiger partial charge on any atom is -0.476 e. The summed E-state index contributed by atoms with van der Waals surface area (Å²) in [5.74, 6) is -1.12. The van der Waals surface area contributed by atoms with Crippen molar-refractivity contribution in [2.75, 3.05) is 19.0 Å². The van der Waals surface area contributed by atoms with Crippen LogP contribution in [0.2, 0.25) is 10.0 Å². The fourth-order valence-electron chi connectivity index (χ4n) is 3.29. The Bertz CT molecular complexity index is 1450. The summed E-state index contributed by atoms with van der Waals surface area (Å²) in [4.78, 5) is 37.5. The van der Waals surface area contributed by atoms with Crippen LogP contribution in [0.15, 0.2) is 75.9 Å². The van der Waals surface area contributed by atoms with Gasteiger partial charge in [0.15, 0.2) is 18.0 Å². The number of methoxy groups -OCH3 is 1. The largest absolute Gasteiger partial charge is 0.476 e. The van der Waals surface area contributed by atoms with E-state index >= 15 is 0 Å². The van der Waals surface area contributed by atoms with E-state index in [1.165, 1.54) is 25.3 Å². The van der Waals surface area contributed by atoms with Gasteiger partial charge in [-0.2, -0.15) is 0 Å². The summed E-state index contributed by atoms with van der Waals surface area (Å²) < 4.78 is 16.3. The summed E-state index contributed by atoms with van der Waals surface area (Å²) in [5, 5.41) is 3.17. The smallest absolute Gasteiger partial charge is 0.337 e. The lowest BCUT2D eigenvalue weighted by Crippen LogP contribution is -2.23. The molecule has 0 spiro atoms. The van der Waals surface area contributed by atoms with E-state index in [2.05, 4.69) is 10.1 Å². The molecule has 34 heavy (non-hydrogen) atoms. The Morgan fingerprint density at radius 3 is 2.50 bits per heavy atom. The zero-order valence-electron chi connectivity index (χ0n) is 17.8. The average Bonchev–Trinajstić information content (AvgIpc) is 2.84. The standard InChI is InChI=1S/C25H17Cl2NO6/c1-32-25(31)15-8-5-9-17(10-15)28-20(29)13-33-24-21(30)18-11-16(26)12-19(27)23(18)34-22(24)14-6-3-2-4-7-14/h2-12H,13H2,1H3,(H,28,29). The Morgan fingerprint density at radius 2 is 1.76 bits per heavy atom. The third-order valence-corrected chi connectivity index (χ3v) is 5.32. The molecule has 4 rings (SSSR count). The highest BCUT2D eigenvalue weighted by molar-refractivity contribution is 6.38. The molecule has 0 unspecified atom stereocenters. The van der Waals surface area contributed by atoms with Crippen LogP contribution in [-0.4, -0.2) is 25.6 Å². The first-order valence-corrected chi connectivity index (χ1v) is 10.7. The molecule has 3 aromatic carbocycles. The van der Waals surface area contributed by atoms with Crippen molar-refractivity contribution < 1.29 is 23.5 Å². The van der Waals surface area contributed by atoms with E-state index in [4.69, 9.17) is 32.4 Å². The van der Waals surface area contributed by atoms with Gasteiger partial charge in [-0.25, -0.2) is 4.79 Å². The Hall–Kier alpha value is -3.81. The molecule has 0 saturated heterocycles. The van der Waals surface area contributed by atoms with Crippen LogP contribution in [0.4, 0.5) is 5.69 Å². The lowest BCUT2D eigenvalue weighted by Gasteiger charge is -2.13. The zero-order chi connectivity index (χ0) is 24.2. The molecule has 9 heteroatoms. The third kappa shape index (κ3) is 4.90. The quantitative estimate of drug-likeness (QED) is 0.350. The van der Waals surface area contributed by atoms with E-state index < -0.39 is 23.9 Å². The van der Waals surface area contributed by atoms with Crippen molar-refractivity contribution in [1.82, 2.24) is 0 Å². The second-order valence-corrected chi connectivity index (χ2v) is 7.97. The molecule has 1 N–H and O–H groups in total. The normalized spacial score (nSPS) is 10.7. The van der Waals surface area contributed by atoms with Crippen LogP contribution in [0.5, 0.6) is 5.75 Å². The average molecular weight is 498 g/mol. The first kappa shape index (κ1) is 23.4. The van der Waals surface area contributed by atoms with Gasteiger partial charge in [0.05, 0.1) is 23.1 Å². The molecule has 0 saturated carbocycles. The summed E-state index contributed by atoms with van der Waals surface area (Å²) in [6, 6.07) is 17.9. The van der Waals surface area contributed by atoms with Crippen LogP contribution in [0.25, 0.3) is 22.3 Å². The molecule has 0 fully saturated rings. The zero-order valence-corrected chi connectivity index (χ0v) is 19.3. The fourth-order valence-corrected chi connectivity index (χ4v) is 3.83. The molecular formula is C25H17Cl2NO6. The fraction of sp³-hybridized carbons (Fsp3) is 0.0800. The van der Waals surface area contributed by atoms with Crippen molar-refractivity contribution in [1.29, 1.82) is 0 Å². The Balaban J connectivity index is 1.66. The number of hydrogen-bond donors (Lipinski definition) is 1. The second-order valence-electron chi connectivity index (χ2n) is 7.13. The van der Waals surface area contributed by atoms with Gasteiger partial charge in [0.2, 0.25) is 11.2 Å². The number of esters is 1. The van der Waals surface area contributed by atoms with Crippen LogP contribution >= 0.6 is 23.2 Å². The summed E-state index contributed by atoms with van der Waals surface area (Å²) >= 11 is 12.3. The molecular weight excluding hydrogens is 481 g/mol. The van der Waals surface area contributed by atoms with Gasteiger partial charge < -0.3 is 19.2 Å². The van der Waals surface area contributed by atoms with Gasteiger partial charge in [-0.05, 0) is 30.3 Å². The monoisotopic (exact) mass is 497 g/mol. The molecule has 0 aliphatic rings. The number of halogens is 2. The summed E-state index contributed by atoms with van der Waals surface area (Å²) in [7, 11) is 1.27. The van der Waals surface area contributed by atoms with Gasteiger partial charge in [0.25, 0.3) is 5.91 Å². The van der Waals surface area contributed by atoms with Crippen molar-refractivity contribution in [2.45, 2.75) is 0 Å². The Kier molecular flexibility index (Phi) is 6.86. The van der Waals surface area contributed by atoms with Gasteiger partial charge in [-0.15, -0.1) is 0 Å². The summed E-state index contributed by atoms with van der Waals surface area (Å²) in [5.41, 5.74) is 0.838. The molecule has 0 aliphatic carbocycles. The number of amides is 1. The molecule has 4 aromatic rings. The van der Waals surface area contributed by atoms with Gasteiger partial charge in [-0.3, -0.25) is 9.59 Å². The van der Waals surface area contributed by atoms with Crippen molar-refractivity contribution in [3.05, 3.63) is 92.6 Å². The van der Waals surface area contributed by atoms with E-state index in [0.717, 1.165) is 0 Å². The SMILES string of the molecule is COC(=O)c1cccc(NC(=O)COc2c(-c3ccccc3)oc3c(Cl)cc(Cl)cc3c2=O)c1. The molecule has 0 bridgehead atoms. The first-order valence-electron chi connectivity index (χ1n) is 9.99. The van der Waals surface area contributed by atoms with Crippen molar-refractivity contribution in [2.24, 2.45) is 0 Å². The number of rotatable bonds is 6. The molecule has 0 atom stereocenters. The van der Waals surface area contributed by atoms with Crippen LogP contribution in [0.1, 0.15) is 10.4 Å². The Morgan fingerprint density at radius 1 is 1.00 bits per heavy atom. The topological polar surface area (TPSA) is 94.8 Å². The van der Waals surface area contributed by atoms with Crippen LogP contribution < -0.4 is 15.5 Å². The third-order valence-electron chi connectivity index (χ3n) is 4.82. The van der Waals surface area contributed by atoms with Crippen molar-refractivity contribution >= 4 is 51.7 Å². The van der Waals surface area contributed by atoms with E-state index in [1.807, 2.05) is 6.07 Å². The summed E-state index contributed by atoms with van der Waals surface area (Å²) in [6.45, 7) is -0.493. The molecule has 0 radical (unpaired) electrons. The molecule has 1 heterocycles. The number of nitrogens with one attached hydrogen (secondary N) is 1. The number of hydrogen-bond acceptors (Lipinski definition) is 6. The second kappa shape index (κ2) is 9.99. The summed E-state index contributed by atoms with van der Waals surface area (Å²) in [6.07, 6.45) is 0.